The van der Waals surface area contributed by atoms with Gasteiger partial charge in [0.2, 0.25) is 47.3 Å². The summed E-state index contributed by atoms with van der Waals surface area (Å²) in [6, 6.07) is 0. The number of hydrogen-bond acceptors (Lipinski definition) is 10. The van der Waals surface area contributed by atoms with Gasteiger partial charge < -0.3 is 49.7 Å². The molecule has 2 unspecified atom stereocenters. The molecule has 0 aromatic heterocycles. The molecule has 8 aliphatic rings. The lowest BCUT2D eigenvalue weighted by Crippen LogP contribution is -2.54. The van der Waals surface area contributed by atoms with Gasteiger partial charge in [0.25, 0.3) is 0 Å². The molecule has 8 amide bonds. The monoisotopic (exact) mass is 1360 g/mol. The van der Waals surface area contributed by atoms with Crippen molar-refractivity contribution in [3.05, 3.63) is 12.3 Å². The van der Waals surface area contributed by atoms with Crippen LogP contribution in [-0.2, 0) is 43.1 Å². The van der Waals surface area contributed by atoms with Crippen LogP contribution in [0.2, 0.25) is 0 Å². The number of likely N-dealkylation sites (tertiary alicyclic amines) is 7. The van der Waals surface area contributed by atoms with Gasteiger partial charge in [-0.05, 0) is 76.0 Å². The zero-order chi connectivity index (χ0) is 73.6. The summed E-state index contributed by atoms with van der Waals surface area (Å²) in [6.45, 7) is 69.8. The third-order valence-corrected chi connectivity index (χ3v) is 17.5. The second-order valence-electron chi connectivity index (χ2n) is 36.1. The van der Waals surface area contributed by atoms with E-state index in [1.54, 1.807) is 4.90 Å². The van der Waals surface area contributed by atoms with Crippen LogP contribution in [0.1, 0.15) is 252 Å². The quantitative estimate of drug-likeness (QED) is 0.264. The van der Waals surface area contributed by atoms with Crippen LogP contribution in [0.4, 0.5) is 4.39 Å². The molecule has 0 saturated carbocycles. The molecule has 560 valence electrons. The number of hydrogen-bond donors (Lipinski definition) is 1. The first-order chi connectivity index (χ1) is 43.1. The molecule has 0 aromatic carbocycles. The van der Waals surface area contributed by atoms with Crippen molar-refractivity contribution in [2.24, 2.45) is 66.8 Å². The fourth-order valence-electron chi connectivity index (χ4n) is 11.3. The van der Waals surface area contributed by atoms with Crippen LogP contribution in [0, 0.1) is 61.1 Å². The summed E-state index contributed by atoms with van der Waals surface area (Å²) in [5.74, 6) is 3.77. The normalized spacial score (nSPS) is 20.4. The Hall–Kier alpha value is -4.81. The number of carbonyl (C=O) groups is 8. The molecule has 96 heavy (non-hydrogen) atoms. The van der Waals surface area contributed by atoms with E-state index < -0.39 is 6.17 Å². The summed E-state index contributed by atoms with van der Waals surface area (Å²) in [6.07, 6.45) is 10.9. The van der Waals surface area contributed by atoms with Gasteiger partial charge in [0.1, 0.15) is 6.17 Å². The third-order valence-electron chi connectivity index (χ3n) is 17.5. The van der Waals surface area contributed by atoms with Gasteiger partial charge in [-0.2, -0.15) is 0 Å². The predicted molar refractivity (Wildman–Crippen MR) is 392 cm³/mol. The second kappa shape index (κ2) is 39.3. The number of halogens is 1. The van der Waals surface area contributed by atoms with E-state index in [0.29, 0.717) is 60.3 Å². The van der Waals surface area contributed by atoms with E-state index in [-0.39, 0.29) is 81.6 Å². The topological polar surface area (TPSA) is 198 Å². The number of ether oxygens (including phenoxy) is 1. The van der Waals surface area contributed by atoms with Gasteiger partial charge in [0, 0.05) is 147 Å². The molecule has 0 aromatic rings. The maximum absolute atomic E-state index is 12.3. The molecule has 8 fully saturated rings. The predicted octanol–water partition coefficient (Wildman–Crippen LogP) is 13.3. The van der Waals surface area contributed by atoms with Gasteiger partial charge in [-0.15, -0.1) is 0 Å². The fraction of sp³-hybridized carbons (Fsp3) is 0.870. The van der Waals surface area contributed by atoms with Crippen molar-refractivity contribution in [3.63, 3.8) is 0 Å². The second-order valence-corrected chi connectivity index (χ2v) is 36.1. The van der Waals surface area contributed by atoms with Crippen molar-refractivity contribution in [1.29, 1.82) is 0 Å². The van der Waals surface area contributed by atoms with Crippen LogP contribution in [0.3, 0.4) is 0 Å². The SMILES string of the molecule is C.C=C(N)C1CCN(C(=O)C(C)(C)C)C1.CC(C)(C)C(=O)N1CC(F)C1.CC(C)(C)C(=O)N1CCC1.CC(C)(C)C(=O)N1CCCC1.CC(C)(C)C(=O)N1CCCCC1.CC(C)(C)C(=O)N1CCOCC1.CC1CCN(C(=O)C(C)(C)C)C1.CC1CCN(C(=O)C(C)(C)C)CC1. The minimum atomic E-state index is -0.790. The molecular formula is C77H146FN9O9. The van der Waals surface area contributed by atoms with Crippen LogP contribution in [0.5, 0.6) is 0 Å². The molecule has 8 aliphatic heterocycles. The van der Waals surface area contributed by atoms with Crippen LogP contribution in [0.15, 0.2) is 12.3 Å². The lowest BCUT2D eigenvalue weighted by atomic mass is 9.92. The van der Waals surface area contributed by atoms with Gasteiger partial charge in [-0.3, -0.25) is 38.4 Å². The molecule has 18 nitrogen and oxygen atoms in total. The maximum Gasteiger partial charge on any atom is 0.228 e. The van der Waals surface area contributed by atoms with E-state index in [9.17, 15) is 42.7 Å². The molecule has 0 bridgehead atoms. The van der Waals surface area contributed by atoms with Crippen LogP contribution >= 0.6 is 0 Å². The summed E-state index contributed by atoms with van der Waals surface area (Å²) in [4.78, 5) is 108. The van der Waals surface area contributed by atoms with Crippen molar-refractivity contribution in [2.45, 2.75) is 258 Å². The molecule has 0 aliphatic carbocycles. The number of nitrogens with zero attached hydrogens (tertiary/aromatic N) is 8. The van der Waals surface area contributed by atoms with Crippen LogP contribution in [-0.4, -0.2) is 211 Å². The number of rotatable bonds is 1. The van der Waals surface area contributed by atoms with E-state index in [1.165, 1.54) is 57.8 Å². The van der Waals surface area contributed by atoms with E-state index >= 15 is 0 Å². The lowest BCUT2D eigenvalue weighted by Gasteiger charge is -2.38. The summed E-state index contributed by atoms with van der Waals surface area (Å²) in [5.41, 5.74) is 4.46. The average molecular weight is 1360 g/mol. The van der Waals surface area contributed by atoms with Crippen LogP contribution in [0.25, 0.3) is 0 Å². The van der Waals surface area contributed by atoms with Crippen molar-refractivity contribution in [1.82, 2.24) is 39.2 Å². The average Bonchev–Trinajstić information content (AvgIpc) is 1.50. The molecule has 2 N–H and O–H groups in total. The Bertz CT molecular complexity index is 2330. The van der Waals surface area contributed by atoms with Crippen molar-refractivity contribution in [3.8, 4) is 0 Å². The smallest absolute Gasteiger partial charge is 0.228 e. The lowest BCUT2D eigenvalue weighted by molar-refractivity contribution is -0.147. The molecule has 8 saturated heterocycles. The fourth-order valence-corrected chi connectivity index (χ4v) is 11.3. The third kappa shape index (κ3) is 33.4. The summed E-state index contributed by atoms with van der Waals surface area (Å²) >= 11 is 0. The summed E-state index contributed by atoms with van der Waals surface area (Å²) in [5, 5.41) is 0. The number of morpholine rings is 1. The molecule has 0 spiro atoms. The van der Waals surface area contributed by atoms with E-state index in [2.05, 4.69) is 20.4 Å². The Morgan fingerprint density at radius 1 is 0.323 bits per heavy atom. The Kier molecular flexibility index (Phi) is 37.3. The van der Waals surface area contributed by atoms with Gasteiger partial charge in [-0.1, -0.05) is 194 Å². The number of carbonyl (C=O) groups excluding carboxylic acids is 8. The van der Waals surface area contributed by atoms with Gasteiger partial charge >= 0.3 is 0 Å². The molecular weight excluding hydrogens is 1210 g/mol. The zero-order valence-electron chi connectivity index (χ0n) is 65.5. The standard InChI is InChI=1S/C11H20N2O.C11H21NO.2C10H19NO.C9H17NO2.C9H17NO.C8H14FNO.C8H15NO.CH4/c1-8(12)9-5-6-13(7-9)10(14)11(2,3)4;1-9-5-7-12(8-6-9)10(13)11(2,3)4;1-8-5-6-11(7-8)9(12)10(2,3)4;1-10(2,3)9(12)11-7-5-4-6-8-11;1-9(2,3)8(11)10-4-6-12-7-5-10;1-9(2,3)8(11)10-6-4-5-7-10;1-8(2,3)7(11)10-4-6(9)5-10;1-8(2,3)7(10)9-5-4-6-9;/h9H,1,5-7,12H2,2-4H3;9H,5-8H2,1-4H3;8H,5-7H2,1-4H3;4-8H2,1-3H3;4-7H2,1-3H3;4-7H2,1-3H3;6H,4-5H2,1-3H3;4-6H2,1-3H3;1H4. The number of piperidine rings is 2. The highest BCUT2D eigenvalue weighted by Crippen LogP contribution is 2.29. The first-order valence-corrected chi connectivity index (χ1v) is 36.1. The Morgan fingerprint density at radius 3 is 0.823 bits per heavy atom. The van der Waals surface area contributed by atoms with Gasteiger partial charge in [0.15, 0.2) is 0 Å². The highest BCUT2D eigenvalue weighted by molar-refractivity contribution is 5.85. The maximum atomic E-state index is 12.3. The number of alkyl halides is 1. The molecule has 8 heterocycles. The van der Waals surface area contributed by atoms with Crippen molar-refractivity contribution in [2.75, 3.05) is 118 Å². The van der Waals surface area contributed by atoms with Gasteiger partial charge in [0.05, 0.1) is 26.3 Å². The van der Waals surface area contributed by atoms with E-state index in [0.717, 1.165) is 104 Å². The van der Waals surface area contributed by atoms with Crippen molar-refractivity contribution >= 4 is 47.3 Å². The summed E-state index contributed by atoms with van der Waals surface area (Å²) in [7, 11) is 0. The van der Waals surface area contributed by atoms with E-state index in [1.807, 2.05) is 200 Å². The van der Waals surface area contributed by atoms with Gasteiger partial charge in [-0.25, -0.2) is 4.39 Å². The van der Waals surface area contributed by atoms with Crippen LogP contribution < -0.4 is 5.73 Å². The highest BCUT2D eigenvalue weighted by Gasteiger charge is 2.38. The first kappa shape index (κ1) is 91.2. The molecule has 8 rings (SSSR count). The van der Waals surface area contributed by atoms with Crippen molar-refractivity contribution < 1.29 is 47.5 Å². The number of nitrogens with two attached hydrogens (primary N) is 1. The molecule has 2 atom stereocenters. The number of amides is 8. The Morgan fingerprint density at radius 2 is 0.562 bits per heavy atom. The molecule has 0 radical (unpaired) electrons. The van der Waals surface area contributed by atoms with E-state index in [4.69, 9.17) is 10.5 Å². The largest absolute Gasteiger partial charge is 0.402 e. The zero-order valence-corrected chi connectivity index (χ0v) is 65.5. The highest BCUT2D eigenvalue weighted by atomic mass is 19.1. The molecule has 19 heteroatoms. The summed E-state index contributed by atoms with van der Waals surface area (Å²) < 4.78 is 17.5. The Labute approximate surface area is 586 Å². The minimum absolute atomic E-state index is 0. The minimum Gasteiger partial charge on any atom is -0.402 e. The Balaban J connectivity index is 0.00000107. The first-order valence-electron chi connectivity index (χ1n) is 36.1.